The van der Waals surface area contributed by atoms with E-state index in [1.807, 2.05) is 38.1 Å². The highest BCUT2D eigenvalue weighted by Gasteiger charge is 2.38. The monoisotopic (exact) mass is 347 g/mol. The third kappa shape index (κ3) is 3.42. The molecular formula is C18H21NO4S. The van der Waals surface area contributed by atoms with Crippen molar-refractivity contribution in [1.82, 2.24) is 4.98 Å². The Morgan fingerprint density at radius 2 is 1.67 bits per heavy atom. The molecule has 1 aliphatic rings. The van der Waals surface area contributed by atoms with Gasteiger partial charge in [0, 0.05) is 18.1 Å². The van der Waals surface area contributed by atoms with Crippen LogP contribution in [0, 0.1) is 13.8 Å². The van der Waals surface area contributed by atoms with Gasteiger partial charge >= 0.3 is 0 Å². The maximum atomic E-state index is 10.1. The van der Waals surface area contributed by atoms with Crippen molar-refractivity contribution >= 4 is 11.8 Å². The van der Waals surface area contributed by atoms with Gasteiger partial charge in [0.25, 0.3) is 0 Å². The number of hydrogen-bond acceptors (Lipinski definition) is 6. The first-order valence-corrected chi connectivity index (χ1v) is 8.86. The fraction of sp³-hybridized carbons (Fsp3) is 0.389. The fourth-order valence-electron chi connectivity index (χ4n) is 2.98. The second-order valence-corrected chi connectivity index (χ2v) is 7.17. The summed E-state index contributed by atoms with van der Waals surface area (Å²) in [4.78, 5) is 4.05. The molecular weight excluding hydrogens is 326 g/mol. The fourth-order valence-corrected chi connectivity index (χ4v) is 4.10. The number of benzene rings is 1. The number of rotatable bonds is 3. The molecule has 6 heteroatoms. The van der Waals surface area contributed by atoms with E-state index in [1.165, 1.54) is 11.8 Å². The Hall–Kier alpha value is -1.60. The Labute approximate surface area is 145 Å². The van der Waals surface area contributed by atoms with Gasteiger partial charge in [-0.3, -0.25) is 4.98 Å². The molecule has 0 aliphatic carbocycles. The van der Waals surface area contributed by atoms with Crippen molar-refractivity contribution in [1.29, 1.82) is 0 Å². The smallest absolute Gasteiger partial charge is 0.173 e. The Balaban J connectivity index is 1.83. The average Bonchev–Trinajstić information content (AvgIpc) is 2.56. The summed E-state index contributed by atoms with van der Waals surface area (Å²) in [6.07, 6.45) is 0.289. The molecule has 1 aromatic heterocycles. The number of ether oxygens (including phenoxy) is 1. The van der Waals surface area contributed by atoms with Crippen molar-refractivity contribution in [3.63, 3.8) is 0 Å². The molecule has 0 bridgehead atoms. The van der Waals surface area contributed by atoms with Crippen LogP contribution >= 0.6 is 11.8 Å². The molecule has 24 heavy (non-hydrogen) atoms. The van der Waals surface area contributed by atoms with Gasteiger partial charge in [-0.2, -0.15) is 0 Å². The lowest BCUT2D eigenvalue weighted by atomic mass is 9.96. The maximum Gasteiger partial charge on any atom is 0.173 e. The van der Waals surface area contributed by atoms with Gasteiger partial charge in [-0.05, 0) is 60.4 Å². The van der Waals surface area contributed by atoms with E-state index in [4.69, 9.17) is 4.74 Å². The summed E-state index contributed by atoms with van der Waals surface area (Å²) in [5.41, 5.74) is 3.75. The lowest BCUT2D eigenvalue weighted by molar-refractivity contribution is -0.0786. The number of aromatic nitrogens is 1. The van der Waals surface area contributed by atoms with Crippen LogP contribution in [0.4, 0.5) is 0 Å². The third-order valence-corrected chi connectivity index (χ3v) is 5.42. The van der Waals surface area contributed by atoms with Gasteiger partial charge in [0.1, 0.15) is 18.0 Å². The minimum absolute atomic E-state index is 0.329. The van der Waals surface area contributed by atoms with Gasteiger partial charge < -0.3 is 20.1 Å². The first kappa shape index (κ1) is 17.2. The van der Waals surface area contributed by atoms with E-state index in [1.54, 1.807) is 12.4 Å². The quantitative estimate of drug-likeness (QED) is 0.787. The summed E-state index contributed by atoms with van der Waals surface area (Å²) in [5, 5.41) is 29.5. The molecule has 4 atom stereocenters. The lowest BCUT2D eigenvalue weighted by Crippen LogP contribution is -2.50. The van der Waals surface area contributed by atoms with E-state index in [0.29, 0.717) is 11.5 Å². The molecule has 1 saturated heterocycles. The van der Waals surface area contributed by atoms with E-state index in [-0.39, 0.29) is 0 Å². The predicted molar refractivity (Wildman–Crippen MR) is 94.0 cm³/mol. The minimum Gasteiger partial charge on any atom is -0.477 e. The summed E-state index contributed by atoms with van der Waals surface area (Å²) in [5.74, 6) is 0.971. The summed E-state index contributed by atoms with van der Waals surface area (Å²) >= 11 is 1.30. The van der Waals surface area contributed by atoms with E-state index in [2.05, 4.69) is 4.98 Å². The molecule has 1 fully saturated rings. The van der Waals surface area contributed by atoms with Gasteiger partial charge in [-0.1, -0.05) is 0 Å². The second-order valence-electron chi connectivity index (χ2n) is 6.04. The first-order valence-electron chi connectivity index (χ1n) is 7.81. The van der Waals surface area contributed by atoms with Crippen molar-refractivity contribution in [2.45, 2.75) is 37.6 Å². The Kier molecular flexibility index (Phi) is 5.10. The van der Waals surface area contributed by atoms with Crippen LogP contribution < -0.4 is 4.74 Å². The third-order valence-electron chi connectivity index (χ3n) is 4.18. The van der Waals surface area contributed by atoms with Gasteiger partial charge in [0.2, 0.25) is 0 Å². The molecule has 2 aromatic rings. The molecule has 1 aliphatic heterocycles. The van der Waals surface area contributed by atoms with Gasteiger partial charge in [-0.15, -0.1) is 11.8 Å². The average molecular weight is 347 g/mol. The zero-order valence-electron chi connectivity index (χ0n) is 13.6. The van der Waals surface area contributed by atoms with Crippen molar-refractivity contribution in [3.05, 3.63) is 47.8 Å². The number of aliphatic hydroxyl groups excluding tert-OH is 3. The Morgan fingerprint density at radius 1 is 1.04 bits per heavy atom. The molecule has 3 N–H and O–H groups in total. The highest BCUT2D eigenvalue weighted by Crippen LogP contribution is 2.34. The number of hydrogen-bond donors (Lipinski definition) is 3. The SMILES string of the molecule is Cc1cc(O[C@@H]2SC[C@@H](O)[C@H](O)[C@H]2O)cc(C)c1-c1ccncc1. The van der Waals surface area contributed by atoms with Crippen molar-refractivity contribution in [3.8, 4) is 16.9 Å². The first-order chi connectivity index (χ1) is 11.5. The second kappa shape index (κ2) is 7.11. The molecule has 0 radical (unpaired) electrons. The van der Waals surface area contributed by atoms with Crippen LogP contribution in [0.3, 0.4) is 0 Å². The molecule has 0 amide bonds. The normalized spacial score (nSPS) is 27.0. The summed E-state index contributed by atoms with van der Waals surface area (Å²) in [7, 11) is 0. The van der Waals surface area contributed by atoms with E-state index < -0.39 is 23.7 Å². The molecule has 128 valence electrons. The van der Waals surface area contributed by atoms with Gasteiger partial charge in [0.05, 0.1) is 6.10 Å². The minimum atomic E-state index is -1.19. The number of pyridine rings is 1. The molecule has 5 nitrogen and oxygen atoms in total. The van der Waals surface area contributed by atoms with Crippen LogP contribution in [0.2, 0.25) is 0 Å². The summed E-state index contributed by atoms with van der Waals surface area (Å²) in [6, 6.07) is 7.78. The van der Waals surface area contributed by atoms with Crippen LogP contribution in [-0.2, 0) is 0 Å². The van der Waals surface area contributed by atoms with Crippen LogP contribution in [-0.4, -0.2) is 49.8 Å². The zero-order chi connectivity index (χ0) is 17.3. The van der Waals surface area contributed by atoms with E-state index in [9.17, 15) is 15.3 Å². The van der Waals surface area contributed by atoms with Crippen molar-refractivity contribution in [2.24, 2.45) is 0 Å². The van der Waals surface area contributed by atoms with Crippen molar-refractivity contribution in [2.75, 3.05) is 5.75 Å². The lowest BCUT2D eigenvalue weighted by Gasteiger charge is -2.34. The Bertz CT molecular complexity index is 686. The molecule has 0 unspecified atom stereocenters. The van der Waals surface area contributed by atoms with Crippen LogP contribution in [0.5, 0.6) is 5.75 Å². The molecule has 1 aromatic carbocycles. The maximum absolute atomic E-state index is 10.1. The topological polar surface area (TPSA) is 82.8 Å². The molecule has 2 heterocycles. The highest BCUT2D eigenvalue weighted by molar-refractivity contribution is 7.99. The number of thioether (sulfide) groups is 1. The molecule has 3 rings (SSSR count). The summed E-state index contributed by atoms with van der Waals surface area (Å²) < 4.78 is 5.87. The van der Waals surface area contributed by atoms with Crippen LogP contribution in [0.25, 0.3) is 11.1 Å². The highest BCUT2D eigenvalue weighted by atomic mass is 32.2. The Morgan fingerprint density at radius 3 is 2.29 bits per heavy atom. The predicted octanol–water partition coefficient (Wildman–Crippen LogP) is 1.90. The van der Waals surface area contributed by atoms with Crippen LogP contribution in [0.15, 0.2) is 36.7 Å². The standard InChI is InChI=1S/C18H21NO4S/c1-10-7-13(23-18-17(22)16(21)14(20)9-24-18)8-11(2)15(10)12-3-5-19-6-4-12/h3-8,14,16-18,20-22H,9H2,1-2H3/t14-,16+,17-,18-/m1/s1. The molecule has 0 saturated carbocycles. The van der Waals surface area contributed by atoms with E-state index in [0.717, 1.165) is 22.3 Å². The number of nitrogens with zero attached hydrogens (tertiary/aromatic N) is 1. The molecule has 0 spiro atoms. The van der Waals surface area contributed by atoms with Gasteiger partial charge in [-0.25, -0.2) is 0 Å². The van der Waals surface area contributed by atoms with Crippen molar-refractivity contribution < 1.29 is 20.1 Å². The van der Waals surface area contributed by atoms with E-state index >= 15 is 0 Å². The summed E-state index contributed by atoms with van der Waals surface area (Å²) in [6.45, 7) is 4.03. The zero-order valence-corrected chi connectivity index (χ0v) is 14.4. The van der Waals surface area contributed by atoms with Crippen LogP contribution in [0.1, 0.15) is 11.1 Å². The largest absolute Gasteiger partial charge is 0.477 e. The number of aliphatic hydroxyl groups is 3. The van der Waals surface area contributed by atoms with Gasteiger partial charge in [0.15, 0.2) is 5.44 Å². The number of aryl methyl sites for hydroxylation is 2.